The Balaban J connectivity index is 1.80. The molecule has 3 rings (SSSR count). The fourth-order valence-electron chi connectivity index (χ4n) is 3.36. The van der Waals surface area contributed by atoms with Crippen molar-refractivity contribution in [1.82, 2.24) is 0 Å². The highest BCUT2D eigenvalue weighted by Gasteiger charge is 2.34. The van der Waals surface area contributed by atoms with Gasteiger partial charge in [-0.2, -0.15) is 0 Å². The second-order valence-electron chi connectivity index (χ2n) is 5.32. The van der Waals surface area contributed by atoms with Crippen molar-refractivity contribution >= 4 is 5.71 Å². The largest absolute Gasteiger partial charge is 0.411 e. The molecule has 0 aliphatic heterocycles. The van der Waals surface area contributed by atoms with Crippen molar-refractivity contribution in [3.05, 3.63) is 35.4 Å². The van der Waals surface area contributed by atoms with Crippen LogP contribution in [0.25, 0.3) is 0 Å². The van der Waals surface area contributed by atoms with Crippen molar-refractivity contribution in [2.24, 2.45) is 11.1 Å². The first-order valence-electron chi connectivity index (χ1n) is 6.70. The van der Waals surface area contributed by atoms with Crippen LogP contribution in [0.2, 0.25) is 0 Å². The summed E-state index contributed by atoms with van der Waals surface area (Å²) >= 11 is 0. The molecule has 2 heteroatoms. The van der Waals surface area contributed by atoms with Gasteiger partial charge in [-0.1, -0.05) is 48.7 Å². The Morgan fingerprint density at radius 3 is 2.59 bits per heavy atom. The van der Waals surface area contributed by atoms with Gasteiger partial charge in [0.1, 0.15) is 0 Å². The summed E-state index contributed by atoms with van der Waals surface area (Å²) in [7, 11) is 0. The summed E-state index contributed by atoms with van der Waals surface area (Å²) in [5, 5.41) is 13.0. The van der Waals surface area contributed by atoms with Gasteiger partial charge in [0, 0.05) is 11.8 Å². The highest BCUT2D eigenvalue weighted by Crippen LogP contribution is 2.40. The number of nitrogens with zero attached hydrogens (tertiary/aromatic N) is 1. The lowest BCUT2D eigenvalue weighted by Crippen LogP contribution is -2.31. The molecule has 0 amide bonds. The molecule has 1 fully saturated rings. The van der Waals surface area contributed by atoms with E-state index in [1.165, 1.54) is 43.2 Å². The second-order valence-corrected chi connectivity index (χ2v) is 5.32. The molecule has 0 radical (unpaired) electrons. The molecule has 90 valence electrons. The Morgan fingerprint density at radius 1 is 1.12 bits per heavy atom. The van der Waals surface area contributed by atoms with Gasteiger partial charge in [0.25, 0.3) is 0 Å². The maximum atomic E-state index is 9.33. The lowest BCUT2D eigenvalue weighted by molar-refractivity contribution is 0.305. The minimum Gasteiger partial charge on any atom is -0.411 e. The first-order chi connectivity index (χ1) is 8.40. The van der Waals surface area contributed by atoms with Crippen LogP contribution in [0.15, 0.2) is 29.4 Å². The Bertz CT molecular complexity index is 432. The van der Waals surface area contributed by atoms with E-state index in [9.17, 15) is 5.21 Å². The summed E-state index contributed by atoms with van der Waals surface area (Å²) in [6.07, 6.45) is 7.40. The van der Waals surface area contributed by atoms with Crippen LogP contribution < -0.4 is 0 Å². The third-order valence-electron chi connectivity index (χ3n) is 4.35. The van der Waals surface area contributed by atoms with Crippen LogP contribution in [-0.4, -0.2) is 10.9 Å². The molecule has 1 atom stereocenters. The van der Waals surface area contributed by atoms with Crippen LogP contribution >= 0.6 is 0 Å². The number of hydrogen-bond acceptors (Lipinski definition) is 2. The van der Waals surface area contributed by atoms with E-state index >= 15 is 0 Å². The fraction of sp³-hybridized carbons (Fsp3) is 0.533. The number of hydrogen-bond donors (Lipinski definition) is 1. The predicted molar refractivity (Wildman–Crippen MR) is 68.7 cm³/mol. The van der Waals surface area contributed by atoms with Crippen LogP contribution in [0.1, 0.15) is 49.1 Å². The zero-order chi connectivity index (χ0) is 11.7. The summed E-state index contributed by atoms with van der Waals surface area (Å²) in [5.41, 5.74) is 3.85. The minimum absolute atomic E-state index is 0.388. The van der Waals surface area contributed by atoms with Gasteiger partial charge in [0.15, 0.2) is 0 Å². The topological polar surface area (TPSA) is 32.6 Å². The van der Waals surface area contributed by atoms with E-state index in [1.54, 1.807) is 0 Å². The lowest BCUT2D eigenvalue weighted by atomic mass is 9.69. The molecule has 1 aromatic carbocycles. The molecule has 0 spiro atoms. The van der Waals surface area contributed by atoms with Gasteiger partial charge in [-0.25, -0.2) is 0 Å². The van der Waals surface area contributed by atoms with Gasteiger partial charge in [-0.15, -0.1) is 0 Å². The van der Waals surface area contributed by atoms with Crippen molar-refractivity contribution in [1.29, 1.82) is 0 Å². The first kappa shape index (κ1) is 10.8. The molecule has 0 unspecified atom stereocenters. The van der Waals surface area contributed by atoms with Crippen LogP contribution in [0.4, 0.5) is 0 Å². The highest BCUT2D eigenvalue weighted by atomic mass is 16.4. The third-order valence-corrected chi connectivity index (χ3v) is 4.35. The van der Waals surface area contributed by atoms with Crippen LogP contribution in [-0.2, 0) is 6.42 Å². The van der Waals surface area contributed by atoms with Gasteiger partial charge in [0.05, 0.1) is 5.71 Å². The van der Waals surface area contributed by atoms with Gasteiger partial charge in [0.2, 0.25) is 0 Å². The molecule has 2 aliphatic rings. The van der Waals surface area contributed by atoms with E-state index in [0.717, 1.165) is 12.1 Å². The maximum absolute atomic E-state index is 9.33. The summed E-state index contributed by atoms with van der Waals surface area (Å²) < 4.78 is 0. The number of benzene rings is 1. The van der Waals surface area contributed by atoms with E-state index in [-0.39, 0.29) is 0 Å². The molecular formula is C15H19NO. The normalized spacial score (nSPS) is 25.2. The Labute approximate surface area is 102 Å². The van der Waals surface area contributed by atoms with Crippen molar-refractivity contribution in [2.75, 3.05) is 0 Å². The molecule has 1 aromatic rings. The van der Waals surface area contributed by atoms with Crippen molar-refractivity contribution in [2.45, 2.75) is 44.4 Å². The molecule has 2 nitrogen and oxygen atoms in total. The third kappa shape index (κ3) is 1.86. The van der Waals surface area contributed by atoms with E-state index in [1.807, 2.05) is 0 Å². The molecule has 0 bridgehead atoms. The predicted octanol–water partition coefficient (Wildman–Crippen LogP) is 3.74. The molecule has 1 saturated carbocycles. The molecular weight excluding hydrogens is 210 g/mol. The van der Waals surface area contributed by atoms with Crippen LogP contribution in [0, 0.1) is 5.92 Å². The monoisotopic (exact) mass is 229 g/mol. The van der Waals surface area contributed by atoms with Gasteiger partial charge in [-0.3, -0.25) is 0 Å². The van der Waals surface area contributed by atoms with Crippen molar-refractivity contribution in [3.63, 3.8) is 0 Å². The lowest BCUT2D eigenvalue weighted by Gasteiger charge is -2.35. The van der Waals surface area contributed by atoms with Gasteiger partial charge >= 0.3 is 0 Å². The zero-order valence-electron chi connectivity index (χ0n) is 10.1. The van der Waals surface area contributed by atoms with Gasteiger partial charge in [-0.05, 0) is 30.4 Å². The molecule has 2 aliphatic carbocycles. The van der Waals surface area contributed by atoms with Crippen LogP contribution in [0.5, 0.6) is 0 Å². The molecule has 0 saturated heterocycles. The van der Waals surface area contributed by atoms with E-state index < -0.39 is 0 Å². The van der Waals surface area contributed by atoms with Crippen molar-refractivity contribution < 1.29 is 5.21 Å². The Hall–Kier alpha value is -1.31. The van der Waals surface area contributed by atoms with Crippen LogP contribution in [0.3, 0.4) is 0 Å². The van der Waals surface area contributed by atoms with E-state index in [2.05, 4.69) is 29.4 Å². The van der Waals surface area contributed by atoms with Gasteiger partial charge < -0.3 is 5.21 Å². The number of fused-ring (bicyclic) bond motifs is 1. The SMILES string of the molecule is O/N=C(\C1CCCCC1)[C@H]1Cc2ccccc21. The Morgan fingerprint density at radius 2 is 1.88 bits per heavy atom. The number of oxime groups is 1. The molecule has 17 heavy (non-hydrogen) atoms. The first-order valence-corrected chi connectivity index (χ1v) is 6.70. The highest BCUT2D eigenvalue weighted by molar-refractivity contribution is 5.95. The van der Waals surface area contributed by atoms with Crippen molar-refractivity contribution in [3.8, 4) is 0 Å². The quantitative estimate of drug-likeness (QED) is 0.467. The standard InChI is InChI=1S/C15H19NO/c17-16-15(11-6-2-1-3-7-11)14-10-12-8-4-5-9-13(12)14/h4-5,8-9,11,14,17H,1-3,6-7,10H2/b16-15+/t14-/m0/s1. The Kier molecular flexibility index (Phi) is 2.87. The van der Waals surface area contributed by atoms with E-state index in [0.29, 0.717) is 11.8 Å². The molecule has 0 heterocycles. The zero-order valence-corrected chi connectivity index (χ0v) is 10.1. The summed E-state index contributed by atoms with van der Waals surface area (Å²) in [5.74, 6) is 0.909. The summed E-state index contributed by atoms with van der Waals surface area (Å²) in [4.78, 5) is 0. The second kappa shape index (κ2) is 4.52. The molecule has 0 aromatic heterocycles. The maximum Gasteiger partial charge on any atom is 0.0679 e. The number of rotatable bonds is 2. The average Bonchev–Trinajstić information content (AvgIpc) is 2.37. The fourth-order valence-corrected chi connectivity index (χ4v) is 3.36. The van der Waals surface area contributed by atoms with E-state index in [4.69, 9.17) is 0 Å². The summed E-state index contributed by atoms with van der Waals surface area (Å²) in [6, 6.07) is 8.53. The minimum atomic E-state index is 0.388. The average molecular weight is 229 g/mol. The molecule has 1 N–H and O–H groups in total. The summed E-state index contributed by atoms with van der Waals surface area (Å²) in [6.45, 7) is 0. The smallest absolute Gasteiger partial charge is 0.0679 e.